The average molecular weight is 1070 g/mol. The van der Waals surface area contributed by atoms with Gasteiger partial charge in [-0.15, -0.1) is 0 Å². The lowest BCUT2D eigenvalue weighted by atomic mass is 10.0. The fraction of sp³-hybridized carbons (Fsp3) is 0.761. The standard InChI is InChI=1S/C71H124O6/c1-4-7-10-13-16-19-22-25-28-31-33-34-35-36-38-40-43-46-49-52-55-58-61-64-70(73)76-67-68(66-75-69(72)63-60-57-54-51-48-45-42-39-30-27-24-21-18-15-12-9-6-3)77-71(74)65-62-59-56-53-50-47-44-41-37-32-29-26-23-20-17-14-11-8-5-2/h9,12,17-18,20-21,26-27,29-31,33,37,41,68H,4-8,10-11,13-16,19,22-25,28,32,34-36,38-40,42-67H2,1-3H3/b12-9-,20-17-,21-18-,29-26-,30-27-,33-31-,41-37-. The predicted molar refractivity (Wildman–Crippen MR) is 334 cm³/mol. The van der Waals surface area contributed by atoms with Crippen molar-refractivity contribution in [2.75, 3.05) is 13.2 Å². The smallest absolute Gasteiger partial charge is 0.306 e. The summed E-state index contributed by atoms with van der Waals surface area (Å²) in [6.45, 7) is 6.52. The summed E-state index contributed by atoms with van der Waals surface area (Å²) in [5.74, 6) is -0.894. The van der Waals surface area contributed by atoms with Gasteiger partial charge >= 0.3 is 17.9 Å². The molecule has 0 aromatic heterocycles. The van der Waals surface area contributed by atoms with Crippen LogP contribution in [0, 0.1) is 0 Å². The van der Waals surface area contributed by atoms with E-state index >= 15 is 0 Å². The summed E-state index contributed by atoms with van der Waals surface area (Å²) < 4.78 is 16.9. The molecule has 0 aliphatic heterocycles. The van der Waals surface area contributed by atoms with Gasteiger partial charge in [0, 0.05) is 19.3 Å². The van der Waals surface area contributed by atoms with Crippen molar-refractivity contribution in [1.29, 1.82) is 0 Å². The summed E-state index contributed by atoms with van der Waals surface area (Å²) in [7, 11) is 0. The molecule has 0 saturated heterocycles. The highest BCUT2D eigenvalue weighted by atomic mass is 16.6. The Labute approximate surface area is 477 Å². The second-order valence-electron chi connectivity index (χ2n) is 22.0. The van der Waals surface area contributed by atoms with Crippen LogP contribution in [0.4, 0.5) is 0 Å². The lowest BCUT2D eigenvalue weighted by molar-refractivity contribution is -0.167. The van der Waals surface area contributed by atoms with Gasteiger partial charge in [0.2, 0.25) is 0 Å². The average Bonchev–Trinajstić information content (AvgIpc) is 3.43. The maximum atomic E-state index is 12.9. The zero-order valence-electron chi connectivity index (χ0n) is 51.0. The minimum absolute atomic E-state index is 0.0844. The second kappa shape index (κ2) is 65.1. The van der Waals surface area contributed by atoms with Gasteiger partial charge in [0.25, 0.3) is 0 Å². The molecule has 0 N–H and O–H groups in total. The van der Waals surface area contributed by atoms with Crippen molar-refractivity contribution in [1.82, 2.24) is 0 Å². The van der Waals surface area contributed by atoms with Crippen LogP contribution >= 0.6 is 0 Å². The fourth-order valence-electron chi connectivity index (χ4n) is 9.40. The van der Waals surface area contributed by atoms with Gasteiger partial charge in [-0.05, 0) is 116 Å². The van der Waals surface area contributed by atoms with Crippen LogP contribution in [0.5, 0.6) is 0 Å². The summed E-state index contributed by atoms with van der Waals surface area (Å²) in [5.41, 5.74) is 0. The molecule has 6 nitrogen and oxygen atoms in total. The molecule has 0 spiro atoms. The first-order valence-corrected chi connectivity index (χ1v) is 33.1. The van der Waals surface area contributed by atoms with Crippen LogP contribution in [0.1, 0.15) is 329 Å². The van der Waals surface area contributed by atoms with Gasteiger partial charge in [0.05, 0.1) is 0 Å². The predicted octanol–water partition coefficient (Wildman–Crippen LogP) is 22.7. The molecule has 0 aliphatic rings. The fourth-order valence-corrected chi connectivity index (χ4v) is 9.40. The Balaban J connectivity index is 4.38. The molecule has 0 rings (SSSR count). The normalized spacial score (nSPS) is 12.6. The Bertz CT molecular complexity index is 1470. The highest BCUT2D eigenvalue weighted by Gasteiger charge is 2.19. The summed E-state index contributed by atoms with van der Waals surface area (Å²) in [5, 5.41) is 0. The Morgan fingerprint density at radius 2 is 0.506 bits per heavy atom. The van der Waals surface area contributed by atoms with E-state index in [2.05, 4.69) is 106 Å². The van der Waals surface area contributed by atoms with E-state index in [4.69, 9.17) is 14.2 Å². The molecule has 1 atom stereocenters. The quantitative estimate of drug-likeness (QED) is 0.0261. The monoisotopic (exact) mass is 1070 g/mol. The topological polar surface area (TPSA) is 78.9 Å². The van der Waals surface area contributed by atoms with Crippen LogP contribution in [-0.2, 0) is 28.6 Å². The Morgan fingerprint density at radius 1 is 0.273 bits per heavy atom. The molecule has 0 saturated carbocycles. The largest absolute Gasteiger partial charge is 0.462 e. The molecule has 0 radical (unpaired) electrons. The third kappa shape index (κ3) is 63.3. The van der Waals surface area contributed by atoms with E-state index < -0.39 is 6.10 Å². The van der Waals surface area contributed by atoms with Crippen LogP contribution in [0.15, 0.2) is 85.1 Å². The molecule has 0 aromatic carbocycles. The number of rotatable bonds is 60. The zero-order valence-corrected chi connectivity index (χ0v) is 51.0. The van der Waals surface area contributed by atoms with E-state index in [0.717, 1.165) is 109 Å². The molecule has 0 aromatic rings. The minimum atomic E-state index is -0.790. The second-order valence-corrected chi connectivity index (χ2v) is 22.0. The van der Waals surface area contributed by atoms with Gasteiger partial charge in [0.15, 0.2) is 6.10 Å². The van der Waals surface area contributed by atoms with Crippen LogP contribution in [0.3, 0.4) is 0 Å². The van der Waals surface area contributed by atoms with Crippen molar-refractivity contribution in [2.45, 2.75) is 335 Å². The molecule has 444 valence electrons. The first kappa shape index (κ1) is 73.6. The van der Waals surface area contributed by atoms with Crippen LogP contribution in [0.2, 0.25) is 0 Å². The lowest BCUT2D eigenvalue weighted by Crippen LogP contribution is -2.30. The van der Waals surface area contributed by atoms with Crippen LogP contribution in [0.25, 0.3) is 0 Å². The number of esters is 3. The molecular weight excluding hydrogens is 949 g/mol. The van der Waals surface area contributed by atoms with Crippen molar-refractivity contribution < 1.29 is 28.6 Å². The highest BCUT2D eigenvalue weighted by Crippen LogP contribution is 2.16. The molecule has 77 heavy (non-hydrogen) atoms. The first-order valence-electron chi connectivity index (χ1n) is 33.1. The number of allylic oxidation sites excluding steroid dienone is 14. The van der Waals surface area contributed by atoms with E-state index in [1.807, 2.05) is 0 Å². The Hall–Kier alpha value is -3.41. The molecule has 0 aliphatic carbocycles. The van der Waals surface area contributed by atoms with Gasteiger partial charge in [-0.2, -0.15) is 0 Å². The van der Waals surface area contributed by atoms with Crippen molar-refractivity contribution >= 4 is 17.9 Å². The lowest BCUT2D eigenvalue weighted by Gasteiger charge is -2.18. The van der Waals surface area contributed by atoms with Crippen molar-refractivity contribution in [2.24, 2.45) is 0 Å². The molecule has 0 fully saturated rings. The summed E-state index contributed by atoms with van der Waals surface area (Å²) in [4.78, 5) is 38.4. The number of unbranched alkanes of at least 4 members (excludes halogenated alkanes) is 35. The van der Waals surface area contributed by atoms with Crippen molar-refractivity contribution in [3.63, 3.8) is 0 Å². The zero-order chi connectivity index (χ0) is 55.7. The number of hydrogen-bond donors (Lipinski definition) is 0. The number of ether oxygens (including phenoxy) is 3. The van der Waals surface area contributed by atoms with Gasteiger partial charge in [0.1, 0.15) is 13.2 Å². The third-order valence-electron chi connectivity index (χ3n) is 14.4. The molecule has 6 heteroatoms. The number of carbonyl (C=O) groups is 3. The van der Waals surface area contributed by atoms with Crippen LogP contribution < -0.4 is 0 Å². The van der Waals surface area contributed by atoms with E-state index in [1.54, 1.807) is 0 Å². The van der Waals surface area contributed by atoms with Crippen molar-refractivity contribution in [3.05, 3.63) is 85.1 Å². The minimum Gasteiger partial charge on any atom is -0.462 e. The van der Waals surface area contributed by atoms with Gasteiger partial charge < -0.3 is 14.2 Å². The molecule has 0 amide bonds. The maximum Gasteiger partial charge on any atom is 0.306 e. The summed E-state index contributed by atoms with van der Waals surface area (Å²) >= 11 is 0. The Kier molecular flexibility index (Phi) is 62.2. The highest BCUT2D eigenvalue weighted by molar-refractivity contribution is 5.71. The number of hydrogen-bond acceptors (Lipinski definition) is 6. The van der Waals surface area contributed by atoms with Crippen LogP contribution in [-0.4, -0.2) is 37.2 Å². The van der Waals surface area contributed by atoms with Crippen molar-refractivity contribution in [3.8, 4) is 0 Å². The molecular formula is C71H124O6. The van der Waals surface area contributed by atoms with E-state index in [-0.39, 0.29) is 31.1 Å². The Morgan fingerprint density at radius 3 is 0.831 bits per heavy atom. The van der Waals surface area contributed by atoms with Gasteiger partial charge in [-0.25, -0.2) is 0 Å². The van der Waals surface area contributed by atoms with E-state index in [1.165, 1.54) is 180 Å². The van der Waals surface area contributed by atoms with E-state index in [9.17, 15) is 14.4 Å². The van der Waals surface area contributed by atoms with Gasteiger partial charge in [-0.3, -0.25) is 14.4 Å². The van der Waals surface area contributed by atoms with E-state index in [0.29, 0.717) is 19.3 Å². The maximum absolute atomic E-state index is 12.9. The molecule has 1 unspecified atom stereocenters. The summed E-state index contributed by atoms with van der Waals surface area (Å²) in [6.07, 6.45) is 85.9. The van der Waals surface area contributed by atoms with Gasteiger partial charge in [-0.1, -0.05) is 279 Å². The first-order chi connectivity index (χ1) is 38.0. The molecule has 0 bridgehead atoms. The number of carbonyl (C=O) groups excluding carboxylic acids is 3. The SMILES string of the molecule is CC/C=C\C/C=C\C/C=C\CCCCCCCCCC(=O)OCC(COC(=O)CCCCCCCCCCCCC/C=C\CCCCCCCCCC)OC(=O)CCCCCCCC/C=C\C/C=C\C/C=C\CCCCC. The summed E-state index contributed by atoms with van der Waals surface area (Å²) in [6, 6.07) is 0. The third-order valence-corrected chi connectivity index (χ3v) is 14.4. The molecule has 0 heterocycles.